The van der Waals surface area contributed by atoms with Crippen LogP contribution in [0.2, 0.25) is 0 Å². The molecular weight excluding hydrogens is 334 g/mol. The summed E-state index contributed by atoms with van der Waals surface area (Å²) in [6.07, 6.45) is 0. The van der Waals surface area contributed by atoms with E-state index in [1.165, 1.54) is 11.8 Å². The number of ketones is 1. The molecule has 0 saturated heterocycles. The van der Waals surface area contributed by atoms with Gasteiger partial charge in [-0.1, -0.05) is 41.2 Å². The maximum atomic E-state index is 12.5. The minimum absolute atomic E-state index is 0.0694. The monoisotopic (exact) mass is 347 g/mol. The van der Waals surface area contributed by atoms with Gasteiger partial charge in [0.2, 0.25) is 5.13 Å². The van der Waals surface area contributed by atoms with Crippen LogP contribution in [-0.2, 0) is 9.59 Å². The molecule has 1 aromatic carbocycles. The third-order valence-corrected chi connectivity index (χ3v) is 4.70. The molecule has 6 nitrogen and oxygen atoms in total. The Kier molecular flexibility index (Phi) is 3.87. The van der Waals surface area contributed by atoms with Crippen molar-refractivity contribution < 1.29 is 14.7 Å². The van der Waals surface area contributed by atoms with Crippen LogP contribution in [0, 0.1) is 10.9 Å². The molecule has 2 N–H and O–H groups in total. The minimum Gasteiger partial charge on any atom is -0.503 e. The van der Waals surface area contributed by atoms with Crippen molar-refractivity contribution in [2.45, 2.75) is 19.9 Å². The van der Waals surface area contributed by atoms with Gasteiger partial charge in [-0.2, -0.15) is 0 Å². The second kappa shape index (κ2) is 5.71. The van der Waals surface area contributed by atoms with E-state index in [-0.39, 0.29) is 11.4 Å². The molecule has 1 atom stereocenters. The highest BCUT2D eigenvalue weighted by atomic mass is 32.1. The minimum atomic E-state index is -0.713. The summed E-state index contributed by atoms with van der Waals surface area (Å²) in [6, 6.07) is 6.71. The molecule has 0 bridgehead atoms. The standard InChI is InChI=1S/C15H13N3O3S2/c1-7-3-5-9(6-4-7)11-10(8(2)19)12(20)13(21)18(11)14-16-17-15(22)23-14/h3-6,11,20H,1-2H3,(H,17,22). The smallest absolute Gasteiger partial charge is 0.296 e. The largest absolute Gasteiger partial charge is 0.503 e. The van der Waals surface area contributed by atoms with E-state index >= 15 is 0 Å². The van der Waals surface area contributed by atoms with E-state index in [0.29, 0.717) is 9.09 Å². The van der Waals surface area contributed by atoms with E-state index in [2.05, 4.69) is 10.2 Å². The van der Waals surface area contributed by atoms with Gasteiger partial charge in [0.25, 0.3) is 5.91 Å². The molecule has 2 heterocycles. The summed E-state index contributed by atoms with van der Waals surface area (Å²) < 4.78 is 0.409. The van der Waals surface area contributed by atoms with Gasteiger partial charge in [0, 0.05) is 0 Å². The second-order valence-corrected chi connectivity index (χ2v) is 6.85. The summed E-state index contributed by atoms with van der Waals surface area (Å²) in [6.45, 7) is 3.27. The molecule has 1 amide bonds. The summed E-state index contributed by atoms with van der Waals surface area (Å²) in [4.78, 5) is 25.8. The van der Waals surface area contributed by atoms with Gasteiger partial charge >= 0.3 is 0 Å². The Morgan fingerprint density at radius 1 is 1.39 bits per heavy atom. The van der Waals surface area contributed by atoms with Gasteiger partial charge in [-0.25, -0.2) is 0 Å². The average molecular weight is 347 g/mol. The lowest BCUT2D eigenvalue weighted by molar-refractivity contribution is -0.117. The van der Waals surface area contributed by atoms with Gasteiger partial charge in [0.15, 0.2) is 15.5 Å². The number of aliphatic hydroxyl groups is 1. The van der Waals surface area contributed by atoms with Gasteiger partial charge in [-0.05, 0) is 31.6 Å². The Morgan fingerprint density at radius 3 is 2.57 bits per heavy atom. The zero-order valence-electron chi connectivity index (χ0n) is 12.4. The van der Waals surface area contributed by atoms with Crippen molar-refractivity contribution in [3.63, 3.8) is 0 Å². The first-order valence-electron chi connectivity index (χ1n) is 6.80. The molecule has 1 unspecified atom stereocenters. The Bertz CT molecular complexity index is 880. The second-order valence-electron chi connectivity index (χ2n) is 5.20. The van der Waals surface area contributed by atoms with Crippen LogP contribution in [0.1, 0.15) is 24.1 Å². The lowest BCUT2D eigenvalue weighted by Gasteiger charge is -2.23. The normalized spacial score (nSPS) is 17.9. The van der Waals surface area contributed by atoms with Crippen molar-refractivity contribution in [2.24, 2.45) is 0 Å². The Labute approximate surface area is 141 Å². The van der Waals surface area contributed by atoms with Crippen molar-refractivity contribution in [1.29, 1.82) is 0 Å². The first-order chi connectivity index (χ1) is 10.9. The highest BCUT2D eigenvalue weighted by molar-refractivity contribution is 7.73. The molecule has 3 rings (SSSR count). The van der Waals surface area contributed by atoms with Gasteiger partial charge in [-0.3, -0.25) is 19.6 Å². The summed E-state index contributed by atoms with van der Waals surface area (Å²) in [5.41, 5.74) is 1.84. The van der Waals surface area contributed by atoms with Crippen molar-refractivity contribution in [3.05, 3.63) is 50.7 Å². The van der Waals surface area contributed by atoms with Crippen LogP contribution >= 0.6 is 23.6 Å². The number of aromatic amines is 1. The number of Topliss-reactive ketones (excluding diaryl/α,β-unsaturated/α-hetero) is 1. The lowest BCUT2D eigenvalue weighted by Crippen LogP contribution is -2.30. The number of hydrogen-bond donors (Lipinski definition) is 2. The molecule has 0 aliphatic carbocycles. The van der Waals surface area contributed by atoms with Gasteiger partial charge in [-0.15, -0.1) is 5.10 Å². The van der Waals surface area contributed by atoms with Crippen LogP contribution in [0.4, 0.5) is 5.13 Å². The highest BCUT2D eigenvalue weighted by Gasteiger charge is 2.44. The lowest BCUT2D eigenvalue weighted by atomic mass is 9.96. The molecule has 8 heteroatoms. The number of aryl methyl sites for hydroxylation is 1. The van der Waals surface area contributed by atoms with E-state index in [9.17, 15) is 14.7 Å². The quantitative estimate of drug-likeness (QED) is 0.834. The number of anilines is 1. The molecule has 0 spiro atoms. The molecule has 118 valence electrons. The van der Waals surface area contributed by atoms with Crippen molar-refractivity contribution in [2.75, 3.05) is 4.90 Å². The van der Waals surface area contributed by atoms with Gasteiger partial charge in [0.1, 0.15) is 0 Å². The zero-order chi connectivity index (χ0) is 16.7. The Morgan fingerprint density at radius 2 is 2.04 bits per heavy atom. The van der Waals surface area contributed by atoms with Crippen molar-refractivity contribution in [1.82, 2.24) is 10.2 Å². The zero-order valence-corrected chi connectivity index (χ0v) is 14.0. The number of carbonyl (C=O) groups excluding carboxylic acids is 2. The van der Waals surface area contributed by atoms with E-state index in [4.69, 9.17) is 12.2 Å². The fourth-order valence-corrected chi connectivity index (χ4v) is 3.46. The van der Waals surface area contributed by atoms with E-state index in [0.717, 1.165) is 22.5 Å². The molecule has 0 saturated carbocycles. The van der Waals surface area contributed by atoms with Crippen molar-refractivity contribution >= 4 is 40.4 Å². The predicted octanol–water partition coefficient (Wildman–Crippen LogP) is 3.00. The summed E-state index contributed by atoms with van der Waals surface area (Å²) in [5, 5.41) is 17.1. The maximum absolute atomic E-state index is 12.5. The average Bonchev–Trinajstić information content (AvgIpc) is 3.02. The number of hydrogen-bond acceptors (Lipinski definition) is 6. The molecule has 0 fully saturated rings. The van der Waals surface area contributed by atoms with Crippen LogP contribution in [0.15, 0.2) is 35.6 Å². The summed E-state index contributed by atoms with van der Waals surface area (Å²) in [7, 11) is 0. The molecular formula is C15H13N3O3S2. The summed E-state index contributed by atoms with van der Waals surface area (Å²) >= 11 is 6.12. The third kappa shape index (κ3) is 2.60. The number of benzene rings is 1. The van der Waals surface area contributed by atoms with Crippen LogP contribution < -0.4 is 4.90 Å². The molecule has 1 aliphatic rings. The number of H-pyrrole nitrogens is 1. The first kappa shape index (κ1) is 15.6. The Balaban J connectivity index is 2.18. The third-order valence-electron chi connectivity index (χ3n) is 3.61. The van der Waals surface area contributed by atoms with Crippen LogP contribution in [0.3, 0.4) is 0 Å². The molecule has 2 aromatic rings. The number of aromatic nitrogens is 2. The highest BCUT2D eigenvalue weighted by Crippen LogP contribution is 2.41. The van der Waals surface area contributed by atoms with Crippen molar-refractivity contribution in [3.8, 4) is 0 Å². The van der Waals surface area contributed by atoms with Gasteiger partial charge < -0.3 is 5.11 Å². The van der Waals surface area contributed by atoms with Crippen LogP contribution in [0.25, 0.3) is 0 Å². The molecule has 1 aromatic heterocycles. The van der Waals surface area contributed by atoms with Crippen LogP contribution in [-0.4, -0.2) is 27.0 Å². The van der Waals surface area contributed by atoms with E-state index in [1.807, 2.05) is 31.2 Å². The predicted molar refractivity (Wildman–Crippen MR) is 89.0 cm³/mol. The van der Waals surface area contributed by atoms with E-state index < -0.39 is 17.7 Å². The number of nitrogens with zero attached hydrogens (tertiary/aromatic N) is 2. The molecule has 23 heavy (non-hydrogen) atoms. The number of rotatable bonds is 3. The summed E-state index contributed by atoms with van der Waals surface area (Å²) in [5.74, 6) is -1.55. The molecule has 1 aliphatic heterocycles. The topological polar surface area (TPSA) is 86.3 Å². The number of carbonyl (C=O) groups is 2. The van der Waals surface area contributed by atoms with E-state index in [1.54, 1.807) is 0 Å². The molecule has 0 radical (unpaired) electrons. The fraction of sp³-hybridized carbons (Fsp3) is 0.200. The number of nitrogens with one attached hydrogen (secondary N) is 1. The van der Waals surface area contributed by atoms with Crippen LogP contribution in [0.5, 0.6) is 0 Å². The number of aliphatic hydroxyl groups excluding tert-OH is 1. The number of amides is 1. The Hall–Kier alpha value is -2.32. The SMILES string of the molecule is CC(=O)C1=C(O)C(=O)N(c2n[nH]c(=S)s2)C1c1ccc(C)cc1. The first-order valence-corrected chi connectivity index (χ1v) is 8.02. The fourth-order valence-electron chi connectivity index (χ4n) is 2.55. The van der Waals surface area contributed by atoms with Gasteiger partial charge in [0.05, 0.1) is 11.6 Å². The maximum Gasteiger partial charge on any atom is 0.296 e.